The zero-order chi connectivity index (χ0) is 19.2. The van der Waals surface area contributed by atoms with Crippen LogP contribution in [0.5, 0.6) is 0 Å². The van der Waals surface area contributed by atoms with Crippen LogP contribution in [0.2, 0.25) is 0 Å². The van der Waals surface area contributed by atoms with Crippen LogP contribution in [0.15, 0.2) is 23.1 Å². The predicted octanol–water partition coefficient (Wildman–Crippen LogP) is 4.79. The van der Waals surface area contributed by atoms with Crippen LogP contribution in [0.25, 0.3) is 11.3 Å². The SMILES string of the molecule is Cc1ccc(NS(=O)(=O)c2c(C)sc(C)c2-c2n[nH]c(C)c2C)c(C)c1. The second kappa shape index (κ2) is 6.55. The number of sulfonamides is 1. The van der Waals surface area contributed by atoms with Crippen LogP contribution in [0.3, 0.4) is 0 Å². The van der Waals surface area contributed by atoms with Crippen molar-refractivity contribution in [2.45, 2.75) is 46.4 Å². The van der Waals surface area contributed by atoms with Crippen molar-refractivity contribution in [2.24, 2.45) is 0 Å². The first-order valence-corrected chi connectivity index (χ1v) is 10.6. The van der Waals surface area contributed by atoms with Gasteiger partial charge in [0.1, 0.15) is 4.90 Å². The molecule has 0 saturated heterocycles. The smallest absolute Gasteiger partial charge is 0.263 e. The molecule has 7 heteroatoms. The van der Waals surface area contributed by atoms with Gasteiger partial charge in [-0.05, 0) is 58.7 Å². The standard InChI is InChI=1S/C19H23N3O2S2/c1-10-7-8-16(11(2)9-10)22-26(23,24)19-15(6)25-14(5)17(19)18-12(3)13(4)20-21-18/h7-9,22H,1-6H3,(H,20,21). The Balaban J connectivity index is 2.15. The number of hydrogen-bond donors (Lipinski definition) is 2. The third kappa shape index (κ3) is 3.17. The van der Waals surface area contributed by atoms with Gasteiger partial charge in [-0.3, -0.25) is 9.82 Å². The summed E-state index contributed by atoms with van der Waals surface area (Å²) in [5, 5.41) is 7.31. The Bertz CT molecular complexity index is 1090. The molecule has 0 aliphatic carbocycles. The maximum atomic E-state index is 13.2. The summed E-state index contributed by atoms with van der Waals surface area (Å²) in [6.45, 7) is 11.5. The van der Waals surface area contributed by atoms with Crippen molar-refractivity contribution < 1.29 is 8.42 Å². The normalized spacial score (nSPS) is 11.8. The fraction of sp³-hybridized carbons (Fsp3) is 0.316. The van der Waals surface area contributed by atoms with Crippen molar-refractivity contribution in [3.05, 3.63) is 50.3 Å². The van der Waals surface area contributed by atoms with Crippen molar-refractivity contribution in [3.63, 3.8) is 0 Å². The third-order valence-corrected chi connectivity index (χ3v) is 7.28. The Morgan fingerprint density at radius 2 is 1.73 bits per heavy atom. The number of nitrogens with zero attached hydrogens (tertiary/aromatic N) is 1. The lowest BCUT2D eigenvalue weighted by Gasteiger charge is -2.13. The molecule has 1 aromatic carbocycles. The molecular weight excluding hydrogens is 366 g/mol. The van der Waals surface area contributed by atoms with Crippen molar-refractivity contribution in [1.82, 2.24) is 10.2 Å². The van der Waals surface area contributed by atoms with Gasteiger partial charge >= 0.3 is 0 Å². The summed E-state index contributed by atoms with van der Waals surface area (Å²) in [6, 6.07) is 5.67. The Kier molecular flexibility index (Phi) is 4.71. The predicted molar refractivity (Wildman–Crippen MR) is 108 cm³/mol. The minimum atomic E-state index is -3.74. The number of rotatable bonds is 4. The molecule has 0 amide bonds. The summed E-state index contributed by atoms with van der Waals surface area (Å²) in [5.41, 5.74) is 5.88. The van der Waals surface area contributed by atoms with Crippen LogP contribution in [-0.4, -0.2) is 18.6 Å². The molecule has 0 aliphatic heterocycles. The van der Waals surface area contributed by atoms with Crippen molar-refractivity contribution >= 4 is 27.0 Å². The fourth-order valence-electron chi connectivity index (χ4n) is 3.11. The third-order valence-electron chi connectivity index (χ3n) is 4.59. The molecule has 2 heterocycles. The number of nitrogens with one attached hydrogen (secondary N) is 2. The number of anilines is 1. The van der Waals surface area contributed by atoms with E-state index in [0.29, 0.717) is 21.8 Å². The largest absolute Gasteiger partial charge is 0.282 e. The number of aryl methyl sites for hydroxylation is 5. The van der Waals surface area contributed by atoms with E-state index in [1.165, 1.54) is 11.3 Å². The monoisotopic (exact) mass is 389 g/mol. The lowest BCUT2D eigenvalue weighted by Crippen LogP contribution is -2.15. The topological polar surface area (TPSA) is 74.8 Å². The van der Waals surface area contributed by atoms with Crippen molar-refractivity contribution in [3.8, 4) is 11.3 Å². The van der Waals surface area contributed by atoms with Gasteiger partial charge < -0.3 is 0 Å². The van der Waals surface area contributed by atoms with E-state index in [9.17, 15) is 8.42 Å². The summed E-state index contributed by atoms with van der Waals surface area (Å²) in [5.74, 6) is 0. The average molecular weight is 390 g/mol. The van der Waals surface area contributed by atoms with E-state index in [2.05, 4.69) is 14.9 Å². The van der Waals surface area contributed by atoms with Gasteiger partial charge in [-0.2, -0.15) is 5.10 Å². The molecule has 0 unspecified atom stereocenters. The van der Waals surface area contributed by atoms with Gasteiger partial charge in [0.2, 0.25) is 0 Å². The molecule has 5 nitrogen and oxygen atoms in total. The van der Waals surface area contributed by atoms with E-state index < -0.39 is 10.0 Å². The summed E-state index contributed by atoms with van der Waals surface area (Å²) in [7, 11) is -3.74. The Labute approximate surface area is 158 Å². The minimum Gasteiger partial charge on any atom is -0.282 e. The van der Waals surface area contributed by atoms with Crippen LogP contribution in [-0.2, 0) is 10.0 Å². The number of hydrogen-bond acceptors (Lipinski definition) is 4. The molecule has 0 saturated carbocycles. The number of thiophene rings is 1. The highest BCUT2D eigenvalue weighted by atomic mass is 32.2. The van der Waals surface area contributed by atoms with Gasteiger partial charge in [0.15, 0.2) is 0 Å². The highest BCUT2D eigenvalue weighted by Gasteiger charge is 2.29. The zero-order valence-corrected chi connectivity index (χ0v) is 17.4. The number of H-pyrrole nitrogens is 1. The summed E-state index contributed by atoms with van der Waals surface area (Å²) in [4.78, 5) is 2.02. The second-order valence-corrected chi connectivity index (χ2v) is 9.71. The van der Waals surface area contributed by atoms with Crippen molar-refractivity contribution in [1.29, 1.82) is 0 Å². The maximum Gasteiger partial charge on any atom is 0.263 e. The molecule has 0 radical (unpaired) electrons. The molecule has 0 bridgehead atoms. The molecule has 2 aromatic heterocycles. The molecule has 0 fully saturated rings. The molecule has 0 spiro atoms. The van der Waals surface area contributed by atoms with E-state index in [4.69, 9.17) is 0 Å². The molecule has 2 N–H and O–H groups in total. The Hall–Kier alpha value is -2.12. The highest BCUT2D eigenvalue weighted by Crippen LogP contribution is 2.40. The van der Waals surface area contributed by atoms with Crippen LogP contribution in [0, 0.1) is 41.5 Å². The van der Waals surface area contributed by atoms with Gasteiger partial charge in [0, 0.05) is 21.0 Å². The van der Waals surface area contributed by atoms with E-state index in [1.54, 1.807) is 6.07 Å². The van der Waals surface area contributed by atoms with Crippen LogP contribution in [0.1, 0.15) is 32.1 Å². The Morgan fingerprint density at radius 3 is 2.31 bits per heavy atom. The average Bonchev–Trinajstić information content (AvgIpc) is 3.02. The van der Waals surface area contributed by atoms with E-state index in [1.807, 2.05) is 53.7 Å². The lowest BCUT2D eigenvalue weighted by atomic mass is 10.1. The number of aromatic amines is 1. The first-order chi connectivity index (χ1) is 12.1. The van der Waals surface area contributed by atoms with Gasteiger partial charge in [0.25, 0.3) is 10.0 Å². The molecular formula is C19H23N3O2S2. The molecule has 3 rings (SSSR count). The maximum absolute atomic E-state index is 13.2. The highest BCUT2D eigenvalue weighted by molar-refractivity contribution is 7.93. The molecule has 3 aromatic rings. The zero-order valence-electron chi connectivity index (χ0n) is 15.8. The molecule has 0 aliphatic rings. The second-order valence-electron chi connectivity index (χ2n) is 6.66. The van der Waals surface area contributed by atoms with E-state index in [0.717, 1.165) is 32.1 Å². The fourth-order valence-corrected chi connectivity index (χ4v) is 6.10. The van der Waals surface area contributed by atoms with Gasteiger partial charge in [0.05, 0.1) is 11.4 Å². The van der Waals surface area contributed by atoms with Gasteiger partial charge in [-0.15, -0.1) is 11.3 Å². The quantitative estimate of drug-likeness (QED) is 0.674. The van der Waals surface area contributed by atoms with Crippen LogP contribution >= 0.6 is 11.3 Å². The first kappa shape index (κ1) is 18.7. The minimum absolute atomic E-state index is 0.314. The van der Waals surface area contributed by atoms with E-state index >= 15 is 0 Å². The molecule has 138 valence electrons. The van der Waals surface area contributed by atoms with Crippen LogP contribution < -0.4 is 4.72 Å². The van der Waals surface area contributed by atoms with E-state index in [-0.39, 0.29) is 0 Å². The molecule has 0 atom stereocenters. The number of aromatic nitrogens is 2. The van der Waals surface area contributed by atoms with Crippen molar-refractivity contribution in [2.75, 3.05) is 4.72 Å². The van der Waals surface area contributed by atoms with Crippen LogP contribution in [0.4, 0.5) is 5.69 Å². The summed E-state index contributed by atoms with van der Waals surface area (Å²) < 4.78 is 29.2. The van der Waals surface area contributed by atoms with Gasteiger partial charge in [-0.1, -0.05) is 17.7 Å². The molecule has 26 heavy (non-hydrogen) atoms. The lowest BCUT2D eigenvalue weighted by molar-refractivity contribution is 0.601. The summed E-state index contributed by atoms with van der Waals surface area (Å²) in [6.07, 6.45) is 0. The van der Waals surface area contributed by atoms with Gasteiger partial charge in [-0.25, -0.2) is 8.42 Å². The first-order valence-electron chi connectivity index (χ1n) is 8.34. The Morgan fingerprint density at radius 1 is 1.04 bits per heavy atom. The number of benzene rings is 1. The summed E-state index contributed by atoms with van der Waals surface area (Å²) >= 11 is 1.48.